The Morgan fingerprint density at radius 1 is 1.33 bits per heavy atom. The standard InChI is InChI=1S/C15H14FN3O2/c1-8-13(11-7-12(15(20)21)19(3)17-11)9-5-4-6-10(16)14(9)18(8)2/h4-7H,1-3H3,(H,20,21). The van der Waals surface area contributed by atoms with Crippen LogP contribution in [0, 0.1) is 12.7 Å². The van der Waals surface area contributed by atoms with Crippen LogP contribution in [0.2, 0.25) is 0 Å². The minimum absolute atomic E-state index is 0.0952. The van der Waals surface area contributed by atoms with Gasteiger partial charge in [-0.1, -0.05) is 12.1 Å². The molecule has 0 saturated heterocycles. The molecule has 0 aliphatic heterocycles. The smallest absolute Gasteiger partial charge is 0.354 e. The Morgan fingerprint density at radius 2 is 2.05 bits per heavy atom. The van der Waals surface area contributed by atoms with Crippen LogP contribution in [-0.2, 0) is 14.1 Å². The molecule has 0 atom stereocenters. The highest BCUT2D eigenvalue weighted by Gasteiger charge is 2.20. The van der Waals surface area contributed by atoms with E-state index in [1.165, 1.54) is 16.8 Å². The molecule has 5 nitrogen and oxygen atoms in total. The molecule has 0 amide bonds. The molecular weight excluding hydrogens is 273 g/mol. The van der Waals surface area contributed by atoms with Crippen LogP contribution in [0.3, 0.4) is 0 Å². The topological polar surface area (TPSA) is 60.0 Å². The van der Waals surface area contributed by atoms with Gasteiger partial charge in [0, 0.05) is 30.7 Å². The van der Waals surface area contributed by atoms with Crippen LogP contribution in [0.1, 0.15) is 16.2 Å². The summed E-state index contributed by atoms with van der Waals surface area (Å²) in [7, 11) is 3.36. The number of halogens is 1. The van der Waals surface area contributed by atoms with Crippen molar-refractivity contribution in [2.75, 3.05) is 0 Å². The largest absolute Gasteiger partial charge is 0.477 e. The Labute approximate surface area is 120 Å². The Bertz CT molecular complexity index is 877. The lowest BCUT2D eigenvalue weighted by molar-refractivity contribution is 0.0685. The van der Waals surface area contributed by atoms with Gasteiger partial charge in [0.05, 0.1) is 11.2 Å². The van der Waals surface area contributed by atoms with Gasteiger partial charge in [0.2, 0.25) is 0 Å². The van der Waals surface area contributed by atoms with Gasteiger partial charge in [-0.25, -0.2) is 9.18 Å². The van der Waals surface area contributed by atoms with E-state index in [1.54, 1.807) is 24.7 Å². The first-order chi connectivity index (χ1) is 9.91. The number of carboxylic acids is 1. The fourth-order valence-corrected chi connectivity index (χ4v) is 2.70. The normalized spacial score (nSPS) is 11.2. The molecule has 3 aromatic rings. The summed E-state index contributed by atoms with van der Waals surface area (Å²) in [5.41, 5.74) is 2.72. The van der Waals surface area contributed by atoms with Gasteiger partial charge in [-0.15, -0.1) is 0 Å². The number of para-hydroxylation sites is 1. The summed E-state index contributed by atoms with van der Waals surface area (Å²) in [4.78, 5) is 11.1. The van der Waals surface area contributed by atoms with Crippen LogP contribution in [0.15, 0.2) is 24.3 Å². The molecule has 1 aromatic carbocycles. The predicted octanol–water partition coefficient (Wildman–Crippen LogP) is 2.72. The van der Waals surface area contributed by atoms with Gasteiger partial charge < -0.3 is 9.67 Å². The van der Waals surface area contributed by atoms with Crippen molar-refractivity contribution >= 4 is 16.9 Å². The zero-order valence-electron chi connectivity index (χ0n) is 11.9. The molecule has 0 unspecified atom stereocenters. The van der Waals surface area contributed by atoms with Crippen LogP contribution >= 0.6 is 0 Å². The molecular formula is C15H14FN3O2. The fraction of sp³-hybridized carbons (Fsp3) is 0.200. The molecule has 0 saturated carbocycles. The molecule has 3 rings (SSSR count). The molecule has 2 aromatic heterocycles. The summed E-state index contributed by atoms with van der Waals surface area (Å²) >= 11 is 0. The average Bonchev–Trinajstić information content (AvgIpc) is 2.90. The summed E-state index contributed by atoms with van der Waals surface area (Å²) in [5.74, 6) is -1.35. The van der Waals surface area contributed by atoms with E-state index in [2.05, 4.69) is 5.10 Å². The highest BCUT2D eigenvalue weighted by atomic mass is 19.1. The quantitative estimate of drug-likeness (QED) is 0.788. The highest BCUT2D eigenvalue weighted by molar-refractivity contribution is 5.98. The number of carbonyl (C=O) groups is 1. The molecule has 0 bridgehead atoms. The van der Waals surface area contributed by atoms with Crippen molar-refractivity contribution in [3.05, 3.63) is 41.5 Å². The summed E-state index contributed by atoms with van der Waals surface area (Å²) in [6, 6.07) is 6.37. The van der Waals surface area contributed by atoms with Crippen LogP contribution in [0.4, 0.5) is 4.39 Å². The molecule has 2 heterocycles. The first kappa shape index (κ1) is 13.4. The minimum Gasteiger partial charge on any atom is -0.477 e. The van der Waals surface area contributed by atoms with Crippen molar-refractivity contribution in [2.45, 2.75) is 6.92 Å². The van der Waals surface area contributed by atoms with E-state index in [0.29, 0.717) is 11.2 Å². The van der Waals surface area contributed by atoms with Crippen molar-refractivity contribution in [3.63, 3.8) is 0 Å². The number of nitrogens with zero attached hydrogens (tertiary/aromatic N) is 3. The molecule has 0 radical (unpaired) electrons. The van der Waals surface area contributed by atoms with E-state index < -0.39 is 5.97 Å². The van der Waals surface area contributed by atoms with Crippen LogP contribution < -0.4 is 0 Å². The number of aromatic carboxylic acids is 1. The van der Waals surface area contributed by atoms with E-state index in [4.69, 9.17) is 5.11 Å². The van der Waals surface area contributed by atoms with Gasteiger partial charge >= 0.3 is 5.97 Å². The molecule has 6 heteroatoms. The zero-order valence-corrected chi connectivity index (χ0v) is 11.9. The number of carboxylic acid groups (broad SMARTS) is 1. The number of aryl methyl sites for hydroxylation is 2. The van der Waals surface area contributed by atoms with Crippen molar-refractivity contribution in [1.29, 1.82) is 0 Å². The van der Waals surface area contributed by atoms with E-state index in [1.807, 2.05) is 13.0 Å². The van der Waals surface area contributed by atoms with Crippen molar-refractivity contribution < 1.29 is 14.3 Å². The summed E-state index contributed by atoms with van der Waals surface area (Å²) in [5, 5.41) is 14.1. The number of aromatic nitrogens is 3. The lowest BCUT2D eigenvalue weighted by atomic mass is 10.1. The number of fused-ring (bicyclic) bond motifs is 1. The molecule has 21 heavy (non-hydrogen) atoms. The van der Waals surface area contributed by atoms with E-state index >= 15 is 0 Å². The molecule has 1 N–H and O–H groups in total. The van der Waals surface area contributed by atoms with Gasteiger partial charge in [-0.3, -0.25) is 4.68 Å². The second-order valence-corrected chi connectivity index (χ2v) is 5.00. The predicted molar refractivity (Wildman–Crippen MR) is 76.8 cm³/mol. The molecule has 0 aliphatic rings. The Balaban J connectivity index is 2.36. The number of benzene rings is 1. The zero-order chi connectivity index (χ0) is 15.3. The second kappa shape index (κ2) is 4.44. The first-order valence-electron chi connectivity index (χ1n) is 6.43. The fourth-order valence-electron chi connectivity index (χ4n) is 2.70. The van der Waals surface area contributed by atoms with Gasteiger partial charge in [0.15, 0.2) is 0 Å². The Hall–Kier alpha value is -2.63. The first-order valence-corrected chi connectivity index (χ1v) is 6.43. The number of hydrogen-bond acceptors (Lipinski definition) is 2. The maximum atomic E-state index is 14.0. The minimum atomic E-state index is -1.04. The van der Waals surface area contributed by atoms with Crippen molar-refractivity contribution in [3.8, 4) is 11.3 Å². The van der Waals surface area contributed by atoms with Gasteiger partial charge in [0.1, 0.15) is 11.5 Å². The summed E-state index contributed by atoms with van der Waals surface area (Å²) in [6.45, 7) is 1.86. The van der Waals surface area contributed by atoms with Gasteiger partial charge in [-0.05, 0) is 19.1 Å². The molecule has 0 aliphatic carbocycles. The third-order valence-corrected chi connectivity index (χ3v) is 3.81. The van der Waals surface area contributed by atoms with Gasteiger partial charge in [0.25, 0.3) is 0 Å². The second-order valence-electron chi connectivity index (χ2n) is 5.00. The van der Waals surface area contributed by atoms with E-state index in [9.17, 15) is 9.18 Å². The maximum absolute atomic E-state index is 14.0. The summed E-state index contributed by atoms with van der Waals surface area (Å²) in [6.07, 6.45) is 0. The Kier molecular flexibility index (Phi) is 2.83. The van der Waals surface area contributed by atoms with Crippen LogP contribution in [0.25, 0.3) is 22.2 Å². The van der Waals surface area contributed by atoms with Gasteiger partial charge in [-0.2, -0.15) is 5.10 Å². The third-order valence-electron chi connectivity index (χ3n) is 3.81. The number of hydrogen-bond donors (Lipinski definition) is 1. The van der Waals surface area contributed by atoms with Crippen molar-refractivity contribution in [1.82, 2.24) is 14.3 Å². The van der Waals surface area contributed by atoms with E-state index in [-0.39, 0.29) is 11.5 Å². The molecule has 108 valence electrons. The number of rotatable bonds is 2. The Morgan fingerprint density at radius 3 is 2.67 bits per heavy atom. The van der Waals surface area contributed by atoms with Crippen LogP contribution in [0.5, 0.6) is 0 Å². The highest BCUT2D eigenvalue weighted by Crippen LogP contribution is 2.34. The van der Waals surface area contributed by atoms with Crippen LogP contribution in [-0.4, -0.2) is 25.4 Å². The van der Waals surface area contributed by atoms with Crippen molar-refractivity contribution in [2.24, 2.45) is 14.1 Å². The van der Waals surface area contributed by atoms with E-state index in [0.717, 1.165) is 16.6 Å². The average molecular weight is 287 g/mol. The monoisotopic (exact) mass is 287 g/mol. The maximum Gasteiger partial charge on any atom is 0.354 e. The molecule has 0 spiro atoms. The molecule has 0 fully saturated rings. The lowest BCUT2D eigenvalue weighted by Crippen LogP contribution is -2.04. The lowest BCUT2D eigenvalue weighted by Gasteiger charge is -1.99. The summed E-state index contributed by atoms with van der Waals surface area (Å²) < 4.78 is 17.1. The third kappa shape index (κ3) is 1.83. The SMILES string of the molecule is Cc1c(-c2cc(C(=O)O)n(C)n2)c2cccc(F)c2n1C.